The summed E-state index contributed by atoms with van der Waals surface area (Å²) in [6.07, 6.45) is 1.88. The summed E-state index contributed by atoms with van der Waals surface area (Å²) in [5.41, 5.74) is 1.97. The molecule has 0 saturated heterocycles. The minimum Gasteiger partial charge on any atom is -0.497 e. The molecule has 2 aromatic heterocycles. The highest BCUT2D eigenvalue weighted by Crippen LogP contribution is 2.28. The van der Waals surface area contributed by atoms with Gasteiger partial charge in [0.15, 0.2) is 5.16 Å². The highest BCUT2D eigenvalue weighted by Gasteiger charge is 2.17. The van der Waals surface area contributed by atoms with E-state index in [9.17, 15) is 9.59 Å². The van der Waals surface area contributed by atoms with Gasteiger partial charge in [-0.05, 0) is 43.5 Å². The van der Waals surface area contributed by atoms with Gasteiger partial charge in [-0.25, -0.2) is 4.98 Å². The summed E-state index contributed by atoms with van der Waals surface area (Å²) in [5, 5.41) is 4.24. The number of nitrogens with zero attached hydrogens (tertiary/aromatic N) is 2. The first-order valence-corrected chi connectivity index (χ1v) is 11.8. The number of benzene rings is 1. The van der Waals surface area contributed by atoms with E-state index in [1.807, 2.05) is 38.1 Å². The molecule has 1 N–H and O–H groups in total. The van der Waals surface area contributed by atoms with E-state index in [2.05, 4.69) is 12.2 Å². The van der Waals surface area contributed by atoms with Crippen molar-refractivity contribution < 1.29 is 9.53 Å². The Balaban J connectivity index is 1.73. The molecule has 2 heterocycles. The summed E-state index contributed by atoms with van der Waals surface area (Å²) < 4.78 is 6.94. The predicted molar refractivity (Wildman–Crippen MR) is 124 cm³/mol. The van der Waals surface area contributed by atoms with Crippen molar-refractivity contribution >= 4 is 39.2 Å². The van der Waals surface area contributed by atoms with Crippen LogP contribution in [0.15, 0.2) is 34.2 Å². The molecule has 0 atom stereocenters. The van der Waals surface area contributed by atoms with Gasteiger partial charge < -0.3 is 10.1 Å². The number of ether oxygens (including phenoxy) is 1. The average molecular weight is 446 g/mol. The molecule has 0 aliphatic carbocycles. The van der Waals surface area contributed by atoms with E-state index in [4.69, 9.17) is 9.72 Å². The van der Waals surface area contributed by atoms with Gasteiger partial charge in [0.05, 0.1) is 18.2 Å². The molecule has 0 bridgehead atoms. The van der Waals surface area contributed by atoms with Crippen molar-refractivity contribution in [2.24, 2.45) is 0 Å². The summed E-state index contributed by atoms with van der Waals surface area (Å²) in [5.74, 6) is 0.866. The Kier molecular flexibility index (Phi) is 7.55. The number of aromatic nitrogens is 2. The van der Waals surface area contributed by atoms with Crippen molar-refractivity contribution in [1.29, 1.82) is 0 Å². The number of thiophene rings is 1. The van der Waals surface area contributed by atoms with Crippen molar-refractivity contribution in [3.8, 4) is 5.75 Å². The number of hydrogen-bond donors (Lipinski definition) is 1. The minimum atomic E-state index is -0.0993. The molecule has 1 aromatic carbocycles. The van der Waals surface area contributed by atoms with Crippen LogP contribution in [0.2, 0.25) is 0 Å². The van der Waals surface area contributed by atoms with Crippen LogP contribution >= 0.6 is 23.1 Å². The highest BCUT2D eigenvalue weighted by molar-refractivity contribution is 7.99. The molecule has 3 aromatic rings. The van der Waals surface area contributed by atoms with E-state index >= 15 is 0 Å². The number of hydrogen-bond acceptors (Lipinski definition) is 6. The lowest BCUT2D eigenvalue weighted by molar-refractivity contribution is -0.118. The van der Waals surface area contributed by atoms with Crippen LogP contribution in [-0.4, -0.2) is 28.3 Å². The molecule has 6 nitrogen and oxygen atoms in total. The van der Waals surface area contributed by atoms with Crippen LogP contribution in [0.25, 0.3) is 10.2 Å². The molecule has 0 saturated carbocycles. The number of carbonyl (C=O) groups is 1. The summed E-state index contributed by atoms with van der Waals surface area (Å²) in [7, 11) is 1.62. The number of unbranched alkanes of at least 4 members (excludes halogenated alkanes) is 1. The lowest BCUT2D eigenvalue weighted by Crippen LogP contribution is -2.26. The second-order valence-corrected chi connectivity index (χ2v) is 9.23. The fraction of sp³-hybridized carbons (Fsp3) is 0.409. The quantitative estimate of drug-likeness (QED) is 0.393. The number of nitrogens with one attached hydrogen (secondary N) is 1. The van der Waals surface area contributed by atoms with Gasteiger partial charge in [0.2, 0.25) is 5.91 Å². The molecular formula is C22H27N3O3S2. The van der Waals surface area contributed by atoms with Crippen LogP contribution in [0, 0.1) is 13.8 Å². The molecule has 0 unspecified atom stereocenters. The predicted octanol–water partition coefficient (Wildman–Crippen LogP) is 4.29. The fourth-order valence-electron chi connectivity index (χ4n) is 3.10. The smallest absolute Gasteiger partial charge is 0.263 e. The van der Waals surface area contributed by atoms with E-state index in [-0.39, 0.29) is 17.2 Å². The molecule has 0 radical (unpaired) electrons. The van der Waals surface area contributed by atoms with Gasteiger partial charge in [-0.2, -0.15) is 0 Å². The van der Waals surface area contributed by atoms with Gasteiger partial charge in [-0.15, -0.1) is 11.3 Å². The maximum absolute atomic E-state index is 13.1. The first kappa shape index (κ1) is 22.4. The molecule has 160 valence electrons. The summed E-state index contributed by atoms with van der Waals surface area (Å²) in [6.45, 7) is 7.11. The van der Waals surface area contributed by atoms with Crippen molar-refractivity contribution in [3.05, 3.63) is 50.6 Å². The fourth-order valence-corrected chi connectivity index (χ4v) is 5.02. The van der Waals surface area contributed by atoms with E-state index in [0.29, 0.717) is 23.6 Å². The molecule has 3 rings (SSSR count). The van der Waals surface area contributed by atoms with Crippen molar-refractivity contribution in [2.75, 3.05) is 12.9 Å². The maximum Gasteiger partial charge on any atom is 0.263 e. The van der Waals surface area contributed by atoms with Crippen LogP contribution in [0.5, 0.6) is 5.75 Å². The zero-order valence-corrected chi connectivity index (χ0v) is 19.4. The Morgan fingerprint density at radius 2 is 2.13 bits per heavy atom. The summed E-state index contributed by atoms with van der Waals surface area (Å²) >= 11 is 2.85. The normalized spacial score (nSPS) is 11.1. The Morgan fingerprint density at radius 3 is 2.87 bits per heavy atom. The number of rotatable bonds is 9. The maximum atomic E-state index is 13.1. The standard InChI is InChI=1S/C22H27N3O3S2/c1-5-6-10-25-21(27)19-14(2)15(3)30-20(19)24-22(25)29-13-18(26)23-12-16-8-7-9-17(11-16)28-4/h7-9,11H,5-6,10,12-13H2,1-4H3,(H,23,26). The molecular weight excluding hydrogens is 418 g/mol. The van der Waals surface area contributed by atoms with Crippen LogP contribution in [-0.2, 0) is 17.9 Å². The SMILES string of the molecule is CCCCn1c(SCC(=O)NCc2cccc(OC)c2)nc2sc(C)c(C)c2c1=O. The number of amides is 1. The van der Waals surface area contributed by atoms with Crippen LogP contribution in [0.1, 0.15) is 35.8 Å². The zero-order valence-electron chi connectivity index (χ0n) is 17.8. The molecule has 1 amide bonds. The number of methoxy groups -OCH3 is 1. The third-order valence-electron chi connectivity index (χ3n) is 4.95. The molecule has 0 fully saturated rings. The van der Waals surface area contributed by atoms with Gasteiger partial charge in [0.25, 0.3) is 5.56 Å². The summed E-state index contributed by atoms with van der Waals surface area (Å²) in [4.78, 5) is 32.1. The van der Waals surface area contributed by atoms with Crippen molar-refractivity contribution in [3.63, 3.8) is 0 Å². The third kappa shape index (κ3) is 5.05. The monoisotopic (exact) mass is 445 g/mol. The first-order chi connectivity index (χ1) is 14.4. The van der Waals surface area contributed by atoms with Crippen LogP contribution in [0.3, 0.4) is 0 Å². The van der Waals surface area contributed by atoms with Crippen molar-refractivity contribution in [1.82, 2.24) is 14.9 Å². The third-order valence-corrected chi connectivity index (χ3v) is 7.02. The first-order valence-electron chi connectivity index (χ1n) is 9.97. The molecule has 30 heavy (non-hydrogen) atoms. The van der Waals surface area contributed by atoms with Gasteiger partial charge >= 0.3 is 0 Å². The van der Waals surface area contributed by atoms with E-state index < -0.39 is 0 Å². The zero-order chi connectivity index (χ0) is 21.7. The molecule has 0 aliphatic rings. The second kappa shape index (κ2) is 10.1. The second-order valence-electron chi connectivity index (χ2n) is 7.09. The van der Waals surface area contributed by atoms with Gasteiger partial charge in [0, 0.05) is 18.0 Å². The summed E-state index contributed by atoms with van der Waals surface area (Å²) in [6, 6.07) is 7.60. The Morgan fingerprint density at radius 1 is 1.33 bits per heavy atom. The Labute approximate surface area is 184 Å². The van der Waals surface area contributed by atoms with E-state index in [1.165, 1.54) is 23.1 Å². The number of carbonyl (C=O) groups excluding carboxylic acids is 1. The van der Waals surface area contributed by atoms with Crippen molar-refractivity contribution in [2.45, 2.75) is 51.9 Å². The molecule has 8 heteroatoms. The minimum absolute atomic E-state index is 0.00501. The Hall–Kier alpha value is -2.32. The van der Waals surface area contributed by atoms with Crippen LogP contribution < -0.4 is 15.6 Å². The van der Waals surface area contributed by atoms with E-state index in [0.717, 1.165) is 39.4 Å². The van der Waals surface area contributed by atoms with Gasteiger partial charge in [0.1, 0.15) is 10.6 Å². The van der Waals surface area contributed by atoms with E-state index in [1.54, 1.807) is 11.7 Å². The molecule has 0 spiro atoms. The van der Waals surface area contributed by atoms with Gasteiger partial charge in [-0.3, -0.25) is 14.2 Å². The number of fused-ring (bicyclic) bond motifs is 1. The average Bonchev–Trinajstić information content (AvgIpc) is 3.04. The lowest BCUT2D eigenvalue weighted by Gasteiger charge is -2.12. The number of aryl methyl sites for hydroxylation is 2. The molecule has 0 aliphatic heterocycles. The Bertz CT molecular complexity index is 1100. The number of thioether (sulfide) groups is 1. The highest BCUT2D eigenvalue weighted by atomic mass is 32.2. The lowest BCUT2D eigenvalue weighted by atomic mass is 10.2. The van der Waals surface area contributed by atoms with Crippen LogP contribution in [0.4, 0.5) is 0 Å². The topological polar surface area (TPSA) is 73.2 Å². The largest absolute Gasteiger partial charge is 0.497 e. The van der Waals surface area contributed by atoms with Gasteiger partial charge in [-0.1, -0.05) is 37.2 Å².